The predicted octanol–water partition coefficient (Wildman–Crippen LogP) is 1.78. The topological polar surface area (TPSA) is 57.6 Å². The van der Waals surface area contributed by atoms with Gasteiger partial charge in [0.05, 0.1) is 17.5 Å². The fourth-order valence-electron chi connectivity index (χ4n) is 2.31. The van der Waals surface area contributed by atoms with Gasteiger partial charge in [0.25, 0.3) is 0 Å². The Labute approximate surface area is 115 Å². The van der Waals surface area contributed by atoms with E-state index < -0.39 is 47.1 Å². The average Bonchev–Trinajstić information content (AvgIpc) is 2.51. The lowest BCUT2D eigenvalue weighted by Gasteiger charge is -2.21. The molecule has 0 aromatic heterocycles. The highest BCUT2D eigenvalue weighted by molar-refractivity contribution is 6.05. The van der Waals surface area contributed by atoms with Crippen LogP contribution in [0.5, 0.6) is 0 Å². The molecule has 1 heterocycles. The van der Waals surface area contributed by atoms with Crippen molar-refractivity contribution in [2.24, 2.45) is 5.41 Å². The summed E-state index contributed by atoms with van der Waals surface area (Å²) >= 11 is 0. The molecule has 2 amide bonds. The molecule has 2 rings (SSSR count). The number of aliphatic hydroxyl groups excluding tert-OH is 1. The molecule has 1 aromatic carbocycles. The molecule has 4 nitrogen and oxygen atoms in total. The van der Waals surface area contributed by atoms with Crippen LogP contribution < -0.4 is 0 Å². The van der Waals surface area contributed by atoms with Gasteiger partial charge in [-0.05, 0) is 12.1 Å². The van der Waals surface area contributed by atoms with Crippen molar-refractivity contribution in [3.63, 3.8) is 0 Å². The predicted molar refractivity (Wildman–Crippen MR) is 66.4 cm³/mol. The van der Waals surface area contributed by atoms with Crippen LogP contribution in [0.2, 0.25) is 0 Å². The molecule has 0 aliphatic carbocycles. The van der Waals surface area contributed by atoms with Crippen LogP contribution in [-0.4, -0.2) is 28.4 Å². The van der Waals surface area contributed by atoms with Crippen molar-refractivity contribution in [1.29, 1.82) is 0 Å². The zero-order chi connectivity index (χ0) is 15.1. The van der Waals surface area contributed by atoms with E-state index in [1.54, 1.807) is 13.8 Å². The van der Waals surface area contributed by atoms with Gasteiger partial charge in [0, 0.05) is 6.42 Å². The minimum absolute atomic E-state index is 0.0261. The molecular weight excluding hydrogens is 268 g/mol. The number of hydrogen-bond donors (Lipinski definition) is 1. The van der Waals surface area contributed by atoms with E-state index in [0.29, 0.717) is 0 Å². The Kier molecular flexibility index (Phi) is 3.60. The number of hydrogen-bond acceptors (Lipinski definition) is 3. The molecule has 1 aromatic rings. The molecule has 0 spiro atoms. The van der Waals surface area contributed by atoms with Crippen molar-refractivity contribution in [2.75, 3.05) is 6.54 Å². The number of carbonyl (C=O) groups excluding carboxylic acids is 2. The summed E-state index contributed by atoms with van der Waals surface area (Å²) < 4.78 is 27.1. The molecule has 1 atom stereocenters. The van der Waals surface area contributed by atoms with Crippen LogP contribution in [0.25, 0.3) is 0 Å². The normalized spacial score (nSPS) is 19.6. The summed E-state index contributed by atoms with van der Waals surface area (Å²) in [6, 6.07) is 3.20. The van der Waals surface area contributed by atoms with E-state index in [9.17, 15) is 23.5 Å². The Bertz CT molecular complexity index is 551. The highest BCUT2D eigenvalue weighted by Gasteiger charge is 2.45. The van der Waals surface area contributed by atoms with Crippen LogP contribution in [0.3, 0.4) is 0 Å². The second kappa shape index (κ2) is 4.94. The van der Waals surface area contributed by atoms with E-state index in [4.69, 9.17) is 0 Å². The van der Waals surface area contributed by atoms with Crippen LogP contribution in [0.15, 0.2) is 18.2 Å². The van der Waals surface area contributed by atoms with Crippen molar-refractivity contribution >= 4 is 11.8 Å². The van der Waals surface area contributed by atoms with Crippen LogP contribution in [0, 0.1) is 17.0 Å². The molecule has 1 aliphatic heterocycles. The SMILES string of the molecule is CC1(C)CC(=O)N(CC(O)c2c(F)cccc2F)C1=O. The maximum atomic E-state index is 13.5. The summed E-state index contributed by atoms with van der Waals surface area (Å²) in [4.78, 5) is 24.6. The van der Waals surface area contributed by atoms with Crippen LogP contribution in [-0.2, 0) is 9.59 Å². The first-order valence-corrected chi connectivity index (χ1v) is 6.21. The number of amides is 2. The first kappa shape index (κ1) is 14.6. The second-order valence-corrected chi connectivity index (χ2v) is 5.52. The van der Waals surface area contributed by atoms with Gasteiger partial charge < -0.3 is 5.11 Å². The van der Waals surface area contributed by atoms with Crippen LogP contribution in [0.1, 0.15) is 31.9 Å². The zero-order valence-electron chi connectivity index (χ0n) is 11.2. The number of halogens is 2. The van der Waals surface area contributed by atoms with E-state index in [1.165, 1.54) is 6.07 Å². The summed E-state index contributed by atoms with van der Waals surface area (Å²) in [5, 5.41) is 9.92. The van der Waals surface area contributed by atoms with Gasteiger partial charge in [-0.15, -0.1) is 0 Å². The monoisotopic (exact) mass is 283 g/mol. The molecule has 0 radical (unpaired) electrons. The minimum atomic E-state index is -1.59. The molecule has 0 bridgehead atoms. The first-order chi connectivity index (χ1) is 9.24. The molecule has 1 saturated heterocycles. The summed E-state index contributed by atoms with van der Waals surface area (Å²) in [6.45, 7) is 2.78. The Morgan fingerprint density at radius 3 is 2.30 bits per heavy atom. The number of nitrogens with zero attached hydrogens (tertiary/aromatic N) is 1. The van der Waals surface area contributed by atoms with Gasteiger partial charge in [0.1, 0.15) is 17.7 Å². The number of imide groups is 1. The molecule has 1 fully saturated rings. The van der Waals surface area contributed by atoms with Crippen molar-refractivity contribution in [3.8, 4) is 0 Å². The van der Waals surface area contributed by atoms with E-state index in [1.807, 2.05) is 0 Å². The number of carbonyl (C=O) groups is 2. The Hall–Kier alpha value is -1.82. The van der Waals surface area contributed by atoms with E-state index in [0.717, 1.165) is 17.0 Å². The quantitative estimate of drug-likeness (QED) is 0.860. The van der Waals surface area contributed by atoms with Gasteiger partial charge in [0.15, 0.2) is 0 Å². The zero-order valence-corrected chi connectivity index (χ0v) is 11.2. The van der Waals surface area contributed by atoms with Gasteiger partial charge in [0.2, 0.25) is 11.8 Å². The third-order valence-corrected chi connectivity index (χ3v) is 3.41. The third-order valence-electron chi connectivity index (χ3n) is 3.41. The van der Waals surface area contributed by atoms with E-state index in [2.05, 4.69) is 0 Å². The molecule has 1 aliphatic rings. The first-order valence-electron chi connectivity index (χ1n) is 6.21. The molecule has 0 saturated carbocycles. The average molecular weight is 283 g/mol. The number of aliphatic hydroxyl groups is 1. The maximum Gasteiger partial charge on any atom is 0.235 e. The second-order valence-electron chi connectivity index (χ2n) is 5.52. The van der Waals surface area contributed by atoms with Crippen molar-refractivity contribution in [1.82, 2.24) is 4.90 Å². The summed E-state index contributed by atoms with van der Waals surface area (Å²) in [7, 11) is 0. The Balaban J connectivity index is 2.23. The van der Waals surface area contributed by atoms with Gasteiger partial charge in [-0.3, -0.25) is 14.5 Å². The van der Waals surface area contributed by atoms with Gasteiger partial charge >= 0.3 is 0 Å². The molecule has 108 valence electrons. The molecule has 1 unspecified atom stereocenters. The minimum Gasteiger partial charge on any atom is -0.386 e. The van der Waals surface area contributed by atoms with Crippen molar-refractivity contribution in [2.45, 2.75) is 26.4 Å². The van der Waals surface area contributed by atoms with Gasteiger partial charge in [-0.1, -0.05) is 19.9 Å². The standard InChI is InChI=1S/C14H15F2NO3/c1-14(2)6-11(19)17(13(14)20)7-10(18)12-8(15)4-3-5-9(12)16/h3-5,10,18H,6-7H2,1-2H3. The third kappa shape index (κ3) is 2.43. The summed E-state index contributed by atoms with van der Waals surface area (Å²) in [5.74, 6) is -2.71. The van der Waals surface area contributed by atoms with E-state index >= 15 is 0 Å². The highest BCUT2D eigenvalue weighted by Crippen LogP contribution is 2.33. The Morgan fingerprint density at radius 2 is 1.85 bits per heavy atom. The fraction of sp³-hybridized carbons (Fsp3) is 0.429. The van der Waals surface area contributed by atoms with Crippen molar-refractivity contribution < 1.29 is 23.5 Å². The van der Waals surface area contributed by atoms with Crippen molar-refractivity contribution in [3.05, 3.63) is 35.4 Å². The van der Waals surface area contributed by atoms with Crippen LogP contribution >= 0.6 is 0 Å². The lowest BCUT2D eigenvalue weighted by atomic mass is 9.92. The summed E-state index contributed by atoms with van der Waals surface area (Å²) in [6.07, 6.45) is -1.56. The summed E-state index contributed by atoms with van der Waals surface area (Å²) in [5.41, 5.74) is -1.37. The lowest BCUT2D eigenvalue weighted by molar-refractivity contribution is -0.142. The number of benzene rings is 1. The molecule has 20 heavy (non-hydrogen) atoms. The fourth-order valence-corrected chi connectivity index (χ4v) is 2.31. The maximum absolute atomic E-state index is 13.5. The number of likely N-dealkylation sites (tertiary alicyclic amines) is 1. The Morgan fingerprint density at radius 1 is 1.30 bits per heavy atom. The smallest absolute Gasteiger partial charge is 0.235 e. The molecule has 6 heteroatoms. The van der Waals surface area contributed by atoms with Crippen LogP contribution in [0.4, 0.5) is 8.78 Å². The molecule has 1 N–H and O–H groups in total. The van der Waals surface area contributed by atoms with E-state index in [-0.39, 0.29) is 6.42 Å². The van der Waals surface area contributed by atoms with Gasteiger partial charge in [-0.2, -0.15) is 0 Å². The number of β-amino-alcohol motifs (C(OH)–C–C–N with tert-alkyl or cyclic N) is 1. The number of rotatable bonds is 3. The lowest BCUT2D eigenvalue weighted by Crippen LogP contribution is -2.36. The highest BCUT2D eigenvalue weighted by atomic mass is 19.1. The van der Waals surface area contributed by atoms with Gasteiger partial charge in [-0.25, -0.2) is 8.78 Å². The molecular formula is C14H15F2NO3. The largest absolute Gasteiger partial charge is 0.386 e.